The Morgan fingerprint density at radius 3 is 2.77 bits per heavy atom. The number of piperidine rings is 1. The largest absolute Gasteiger partial charge is 0.489 e. The van der Waals surface area contributed by atoms with Crippen molar-refractivity contribution in [1.82, 2.24) is 15.6 Å². The van der Waals surface area contributed by atoms with E-state index >= 15 is 0 Å². The maximum absolute atomic E-state index is 5.75. The van der Waals surface area contributed by atoms with E-state index in [1.807, 2.05) is 24.4 Å². The van der Waals surface area contributed by atoms with Gasteiger partial charge in [-0.25, -0.2) is 9.98 Å². The molecule has 30 heavy (non-hydrogen) atoms. The van der Waals surface area contributed by atoms with E-state index < -0.39 is 0 Å². The number of aromatic nitrogens is 1. The summed E-state index contributed by atoms with van der Waals surface area (Å²) in [5.41, 5.74) is 2.26. The van der Waals surface area contributed by atoms with Crippen LogP contribution in [0.15, 0.2) is 60.2 Å². The molecule has 0 radical (unpaired) electrons. The van der Waals surface area contributed by atoms with Crippen LogP contribution >= 0.6 is 0 Å². The molecule has 2 heterocycles. The third kappa shape index (κ3) is 6.24. The molecule has 0 saturated carbocycles. The first-order chi connectivity index (χ1) is 14.7. The third-order valence-corrected chi connectivity index (χ3v) is 5.14. The van der Waals surface area contributed by atoms with Crippen molar-refractivity contribution in [3.05, 3.63) is 66.4 Å². The van der Waals surface area contributed by atoms with Crippen LogP contribution in [0, 0.1) is 6.92 Å². The molecule has 2 N–H and O–H groups in total. The second-order valence-electron chi connectivity index (χ2n) is 7.50. The monoisotopic (exact) mass is 407 g/mol. The zero-order valence-electron chi connectivity index (χ0n) is 18.1. The molecule has 0 amide bonds. The van der Waals surface area contributed by atoms with Crippen molar-refractivity contribution < 1.29 is 4.74 Å². The van der Waals surface area contributed by atoms with E-state index in [0.717, 1.165) is 55.6 Å². The van der Waals surface area contributed by atoms with Crippen molar-refractivity contribution in [3.63, 3.8) is 0 Å². The zero-order chi connectivity index (χ0) is 21.2. The predicted molar refractivity (Wildman–Crippen MR) is 124 cm³/mol. The normalized spacial score (nSPS) is 15.0. The van der Waals surface area contributed by atoms with Crippen molar-refractivity contribution in [2.75, 3.05) is 31.1 Å². The van der Waals surface area contributed by atoms with Gasteiger partial charge in [-0.15, -0.1) is 0 Å². The van der Waals surface area contributed by atoms with Gasteiger partial charge in [-0.3, -0.25) is 0 Å². The Morgan fingerprint density at radius 2 is 2.07 bits per heavy atom. The fourth-order valence-corrected chi connectivity index (χ4v) is 3.50. The van der Waals surface area contributed by atoms with Crippen LogP contribution in [0.4, 0.5) is 5.82 Å². The van der Waals surface area contributed by atoms with E-state index in [9.17, 15) is 0 Å². The Morgan fingerprint density at radius 1 is 1.27 bits per heavy atom. The molecule has 2 aromatic rings. The number of hydrogen-bond donors (Lipinski definition) is 2. The molecule has 1 aromatic carbocycles. The highest BCUT2D eigenvalue weighted by molar-refractivity contribution is 5.80. The van der Waals surface area contributed by atoms with E-state index in [0.29, 0.717) is 19.2 Å². The van der Waals surface area contributed by atoms with Crippen molar-refractivity contribution in [2.24, 2.45) is 4.99 Å². The summed E-state index contributed by atoms with van der Waals surface area (Å²) in [5.74, 6) is 2.77. The number of para-hydroxylation sites is 1. The van der Waals surface area contributed by atoms with Gasteiger partial charge in [-0.1, -0.05) is 36.9 Å². The quantitative estimate of drug-likeness (QED) is 0.397. The lowest BCUT2D eigenvalue weighted by Gasteiger charge is -2.33. The molecule has 1 aromatic heterocycles. The van der Waals surface area contributed by atoms with Gasteiger partial charge >= 0.3 is 0 Å². The molecule has 1 aliphatic rings. The Labute approximate surface area is 180 Å². The van der Waals surface area contributed by atoms with E-state index in [2.05, 4.69) is 59.1 Å². The van der Waals surface area contributed by atoms with Crippen LogP contribution in [0.5, 0.6) is 5.75 Å². The van der Waals surface area contributed by atoms with Crippen LogP contribution in [0.1, 0.15) is 30.9 Å². The Kier molecular flexibility index (Phi) is 8.12. The molecule has 0 bridgehead atoms. The number of aryl methyl sites for hydroxylation is 1. The number of guanidine groups is 1. The fourth-order valence-electron chi connectivity index (χ4n) is 3.50. The Bertz CT molecular complexity index is 826. The summed E-state index contributed by atoms with van der Waals surface area (Å²) in [7, 11) is 0. The Hall–Kier alpha value is -3.02. The zero-order valence-corrected chi connectivity index (χ0v) is 18.1. The Balaban J connectivity index is 1.57. The van der Waals surface area contributed by atoms with Crippen molar-refractivity contribution >= 4 is 11.8 Å². The molecule has 0 atom stereocenters. The summed E-state index contributed by atoms with van der Waals surface area (Å²) in [5, 5.41) is 6.97. The number of hydrogen-bond acceptors (Lipinski definition) is 4. The summed E-state index contributed by atoms with van der Waals surface area (Å²) in [4.78, 5) is 11.7. The molecular weight excluding hydrogens is 374 g/mol. The number of rotatable bonds is 8. The molecule has 1 aliphatic heterocycles. The molecule has 0 spiro atoms. The molecule has 6 nitrogen and oxygen atoms in total. The summed E-state index contributed by atoms with van der Waals surface area (Å²) in [6, 6.07) is 12.7. The summed E-state index contributed by atoms with van der Waals surface area (Å²) < 4.78 is 5.75. The van der Waals surface area contributed by atoms with Crippen LogP contribution in [-0.4, -0.2) is 43.2 Å². The van der Waals surface area contributed by atoms with Crippen LogP contribution in [-0.2, 0) is 6.54 Å². The van der Waals surface area contributed by atoms with Gasteiger partial charge in [0.1, 0.15) is 18.2 Å². The SMILES string of the molecule is C=CCOc1ccccc1CN=C(NCC)NC1CCN(c2ccc(C)cn2)CC1. The van der Waals surface area contributed by atoms with Crippen LogP contribution in [0.25, 0.3) is 0 Å². The average molecular weight is 408 g/mol. The average Bonchev–Trinajstić information content (AvgIpc) is 2.78. The van der Waals surface area contributed by atoms with Crippen LogP contribution in [0.3, 0.4) is 0 Å². The first-order valence-electron chi connectivity index (χ1n) is 10.7. The minimum Gasteiger partial charge on any atom is -0.489 e. The fraction of sp³-hybridized carbons (Fsp3) is 0.417. The smallest absolute Gasteiger partial charge is 0.191 e. The van der Waals surface area contributed by atoms with Gasteiger partial charge in [0.05, 0.1) is 6.54 Å². The molecule has 6 heteroatoms. The van der Waals surface area contributed by atoms with Gasteiger partial charge in [0.2, 0.25) is 0 Å². The molecular formula is C24H33N5O. The summed E-state index contributed by atoms with van der Waals surface area (Å²) in [6.07, 6.45) is 5.80. The molecule has 0 aliphatic carbocycles. The first-order valence-corrected chi connectivity index (χ1v) is 10.7. The van der Waals surface area contributed by atoms with Crippen molar-refractivity contribution in [3.8, 4) is 5.75 Å². The van der Waals surface area contributed by atoms with E-state index in [4.69, 9.17) is 9.73 Å². The topological polar surface area (TPSA) is 61.8 Å². The second-order valence-corrected chi connectivity index (χ2v) is 7.50. The van der Waals surface area contributed by atoms with E-state index in [1.165, 1.54) is 5.56 Å². The van der Waals surface area contributed by atoms with Crippen molar-refractivity contribution in [1.29, 1.82) is 0 Å². The van der Waals surface area contributed by atoms with Crippen molar-refractivity contribution in [2.45, 2.75) is 39.3 Å². The molecule has 0 unspecified atom stereocenters. The lowest BCUT2D eigenvalue weighted by atomic mass is 10.1. The number of pyridine rings is 1. The number of nitrogens with zero attached hydrogens (tertiary/aromatic N) is 3. The van der Waals surface area contributed by atoms with Gasteiger partial charge in [0.15, 0.2) is 5.96 Å². The molecule has 1 saturated heterocycles. The highest BCUT2D eigenvalue weighted by atomic mass is 16.5. The minimum absolute atomic E-state index is 0.400. The highest BCUT2D eigenvalue weighted by Crippen LogP contribution is 2.20. The number of ether oxygens (including phenoxy) is 1. The van der Waals surface area contributed by atoms with Gasteiger partial charge < -0.3 is 20.3 Å². The van der Waals surface area contributed by atoms with Gasteiger partial charge in [-0.2, -0.15) is 0 Å². The molecule has 1 fully saturated rings. The lowest BCUT2D eigenvalue weighted by molar-refractivity contribution is 0.359. The predicted octanol–water partition coefficient (Wildman–Crippen LogP) is 3.68. The lowest BCUT2D eigenvalue weighted by Crippen LogP contribution is -2.48. The number of aliphatic imine (C=N–C) groups is 1. The maximum Gasteiger partial charge on any atom is 0.191 e. The van der Waals surface area contributed by atoms with Gasteiger partial charge in [-0.05, 0) is 44.4 Å². The minimum atomic E-state index is 0.400. The first kappa shape index (κ1) is 21.7. The molecule has 3 rings (SSSR count). The van der Waals surface area contributed by atoms with E-state index in [-0.39, 0.29) is 0 Å². The van der Waals surface area contributed by atoms with Gasteiger partial charge in [0.25, 0.3) is 0 Å². The highest BCUT2D eigenvalue weighted by Gasteiger charge is 2.20. The summed E-state index contributed by atoms with van der Waals surface area (Å²) >= 11 is 0. The number of benzene rings is 1. The standard InChI is InChI=1S/C24H33N5O/c1-4-16-30-22-9-7-6-8-20(22)18-27-24(25-5-2)28-21-12-14-29(15-13-21)23-11-10-19(3)17-26-23/h4,6-11,17,21H,1,5,12-16,18H2,2-3H3,(H2,25,27,28). The van der Waals surface area contributed by atoms with Gasteiger partial charge in [0, 0.05) is 37.4 Å². The number of nitrogens with one attached hydrogen (secondary N) is 2. The van der Waals surface area contributed by atoms with Crippen LogP contribution in [0.2, 0.25) is 0 Å². The van der Waals surface area contributed by atoms with E-state index in [1.54, 1.807) is 6.08 Å². The van der Waals surface area contributed by atoms with Crippen LogP contribution < -0.4 is 20.3 Å². The third-order valence-electron chi connectivity index (χ3n) is 5.14. The number of anilines is 1. The molecule has 160 valence electrons. The second kappa shape index (κ2) is 11.2. The maximum atomic E-state index is 5.75. The summed E-state index contributed by atoms with van der Waals surface area (Å²) in [6.45, 7) is 11.7.